The lowest BCUT2D eigenvalue weighted by Gasteiger charge is -2.09. The quantitative estimate of drug-likeness (QED) is 0.246. The first-order valence-electron chi connectivity index (χ1n) is 31.7. The lowest BCUT2D eigenvalue weighted by atomic mass is 10.2. The predicted octanol–water partition coefficient (Wildman–Crippen LogP) is 36.7. The van der Waals surface area contributed by atoms with Crippen LogP contribution in [0, 0.1) is 0 Å². The van der Waals surface area contributed by atoms with Gasteiger partial charge in [0.25, 0.3) is 0 Å². The standard InChI is InChI=1S/C66H64S40/c1-67-41-42(68-2)92-59(91-41)57-87-37-31-75-23-25-81-51-49(77-19-9-21-79-53-55(105-63(103-53)61-95-45(71-5)46(72-6)96-61)85-29-35-15-11-33(12-16-35)27-83-39(37)89-57)99-65(101-51)66-100-50-52(102-66)82-26-24-76-32-38-40(90-58(88-38)60-93-43(69-3)44(70-4)94-60)84-28-34-13-17-36(18-14-34)30-86-56-54(80-22-10-20-78-50)104-64(106-56)62-97-47(73-7)48(74-8)98-62/h11-18H,9-10,19-32H2,1-8H3/b66-65+. The maximum absolute atomic E-state index is 2.40. The van der Waals surface area contributed by atoms with Crippen LogP contribution in [0.2, 0.25) is 0 Å². The molecule has 14 heterocycles. The van der Waals surface area contributed by atoms with Gasteiger partial charge in [0.2, 0.25) is 0 Å². The normalized spacial score (nSPS) is 24.2. The minimum atomic E-state index is 0.987. The minimum Gasteiger partial charge on any atom is -0.156 e. The Morgan fingerprint density at radius 3 is 0.604 bits per heavy atom. The highest BCUT2D eigenvalue weighted by molar-refractivity contribution is 8.49. The number of benzene rings is 2. The van der Waals surface area contributed by atoms with E-state index in [0.29, 0.717) is 0 Å². The first kappa shape index (κ1) is 90.8. The van der Waals surface area contributed by atoms with Crippen LogP contribution in [0.3, 0.4) is 0 Å². The van der Waals surface area contributed by atoms with Gasteiger partial charge in [-0.25, -0.2) is 0 Å². The Kier molecular flexibility index (Phi) is 40.4. The van der Waals surface area contributed by atoms with Gasteiger partial charge in [0.15, 0.2) is 0 Å². The number of hydrogen-bond donors (Lipinski definition) is 0. The van der Waals surface area contributed by atoms with E-state index in [1.807, 2.05) is 259 Å². The molecule has 16 rings (SSSR count). The van der Waals surface area contributed by atoms with Gasteiger partial charge in [-0.15, -0.1) is 212 Å². The smallest absolute Gasteiger partial charge is 0.0717 e. The number of rotatable bonds is 8. The Hall–Kier alpha value is 8.54. The third kappa shape index (κ3) is 25.0. The summed E-state index contributed by atoms with van der Waals surface area (Å²) >= 11 is 81.2. The van der Waals surface area contributed by atoms with Crippen LogP contribution >= 0.6 is 470 Å². The number of thioether (sulfide) groups is 40. The van der Waals surface area contributed by atoms with E-state index in [1.165, 1.54) is 154 Å². The molecule has 0 N–H and O–H groups in total. The fourth-order valence-corrected chi connectivity index (χ4v) is 65.8. The summed E-state index contributed by atoms with van der Waals surface area (Å²) in [6.45, 7) is 0. The van der Waals surface area contributed by atoms with E-state index in [0.717, 1.165) is 80.5 Å². The summed E-state index contributed by atoms with van der Waals surface area (Å²) in [6, 6.07) is 19.2. The molecule has 0 nitrogen and oxygen atoms in total. The Bertz CT molecular complexity index is 3580. The maximum Gasteiger partial charge on any atom is 0.0717 e. The summed E-state index contributed by atoms with van der Waals surface area (Å²) in [4.78, 5) is 3.10. The van der Waals surface area contributed by atoms with E-state index >= 15 is 0 Å². The van der Waals surface area contributed by atoms with Crippen LogP contribution in [0.1, 0.15) is 35.1 Å². The molecule has 0 aromatic heterocycles. The summed E-state index contributed by atoms with van der Waals surface area (Å²) in [5.74, 6) is 15.1. The maximum atomic E-state index is 2.40. The Labute approximate surface area is 799 Å². The fourth-order valence-electron chi connectivity index (χ4n) is 9.30. The van der Waals surface area contributed by atoms with Gasteiger partial charge in [0, 0.05) is 67.3 Å². The van der Waals surface area contributed by atoms with Crippen LogP contribution in [0.4, 0.5) is 0 Å². The van der Waals surface area contributed by atoms with Crippen molar-refractivity contribution in [1.29, 1.82) is 0 Å². The molecular weight excluding hydrogens is 2080 g/mol. The zero-order valence-electron chi connectivity index (χ0n) is 57.3. The fraction of sp³-hybridized carbons (Fsp3) is 0.364. The van der Waals surface area contributed by atoms with E-state index in [2.05, 4.69) is 310 Å². The van der Waals surface area contributed by atoms with Crippen molar-refractivity contribution < 1.29 is 0 Å². The van der Waals surface area contributed by atoms with Crippen LogP contribution in [0.15, 0.2) is 177 Å². The molecule has 0 radical (unpaired) electrons. The van der Waals surface area contributed by atoms with Crippen molar-refractivity contribution in [1.82, 2.24) is 0 Å². The van der Waals surface area contributed by atoms with E-state index in [9.17, 15) is 0 Å². The van der Waals surface area contributed by atoms with E-state index in [4.69, 9.17) is 0 Å². The van der Waals surface area contributed by atoms with Gasteiger partial charge in [0.05, 0.1) is 119 Å². The molecule has 0 saturated carbocycles. The first-order chi connectivity index (χ1) is 52.1. The molecule has 0 saturated heterocycles. The average Bonchev–Trinajstić information content (AvgIpc) is 1.69. The first-order valence-corrected chi connectivity index (χ1v) is 70.0. The Morgan fingerprint density at radius 1 is 0.179 bits per heavy atom. The van der Waals surface area contributed by atoms with Crippen molar-refractivity contribution in [3.63, 3.8) is 0 Å². The molecule has 2 aromatic rings. The van der Waals surface area contributed by atoms with Gasteiger partial charge in [-0.1, -0.05) is 284 Å². The van der Waals surface area contributed by atoms with Crippen LogP contribution in [-0.4, -0.2) is 108 Å². The highest BCUT2D eigenvalue weighted by Crippen LogP contribution is 2.72. The summed E-state index contributed by atoms with van der Waals surface area (Å²) in [5.41, 5.74) is 5.63. The van der Waals surface area contributed by atoms with Crippen LogP contribution in [0.5, 0.6) is 0 Å². The van der Waals surface area contributed by atoms with E-state index in [1.54, 1.807) is 9.81 Å². The highest BCUT2D eigenvalue weighted by Gasteiger charge is 2.37. The Morgan fingerprint density at radius 2 is 0.368 bits per heavy atom. The lowest BCUT2D eigenvalue weighted by molar-refractivity contribution is 1.13. The third-order valence-corrected chi connectivity index (χ3v) is 71.5. The molecule has 0 unspecified atom stereocenters. The highest BCUT2D eigenvalue weighted by atomic mass is 32.3. The van der Waals surface area contributed by atoms with E-state index in [-0.39, 0.29) is 0 Å². The van der Waals surface area contributed by atoms with Crippen LogP contribution < -0.4 is 0 Å². The second kappa shape index (κ2) is 47.2. The van der Waals surface area contributed by atoms with Crippen LogP contribution in [-0.2, 0) is 23.0 Å². The zero-order chi connectivity index (χ0) is 72.9. The van der Waals surface area contributed by atoms with Gasteiger partial charge < -0.3 is 0 Å². The molecule has 0 atom stereocenters. The average molecular weight is 2140 g/mol. The molecule has 106 heavy (non-hydrogen) atoms. The number of fused-ring (bicyclic) bond motifs is 24. The van der Waals surface area contributed by atoms with Gasteiger partial charge in [-0.3, -0.25) is 0 Å². The van der Waals surface area contributed by atoms with Gasteiger partial charge >= 0.3 is 0 Å². The Balaban J connectivity index is 0.690. The summed E-state index contributed by atoms with van der Waals surface area (Å²) < 4.78 is 41.5. The molecule has 4 bridgehead atoms. The van der Waals surface area contributed by atoms with Gasteiger partial charge in [0.1, 0.15) is 0 Å². The second-order valence-electron chi connectivity index (χ2n) is 21.3. The molecule has 14 aliphatic heterocycles. The molecule has 0 fully saturated rings. The van der Waals surface area contributed by atoms with Crippen molar-refractivity contribution in [2.45, 2.75) is 35.9 Å². The largest absolute Gasteiger partial charge is 0.156 e. The molecule has 14 aliphatic rings. The van der Waals surface area contributed by atoms with Crippen LogP contribution in [0.25, 0.3) is 0 Å². The summed E-state index contributed by atoms with van der Waals surface area (Å²) in [6.07, 6.45) is 20.2. The van der Waals surface area contributed by atoms with Gasteiger partial charge in [-0.05, 0) is 108 Å². The molecule has 40 heteroatoms. The van der Waals surface area contributed by atoms with Crippen molar-refractivity contribution in [3.8, 4) is 0 Å². The zero-order valence-corrected chi connectivity index (χ0v) is 89.9. The third-order valence-electron chi connectivity index (χ3n) is 14.3. The molecule has 0 amide bonds. The molecule has 2 aromatic carbocycles. The van der Waals surface area contributed by atoms with Gasteiger partial charge in [-0.2, -0.15) is 23.5 Å². The van der Waals surface area contributed by atoms with Crippen molar-refractivity contribution >= 4 is 470 Å². The van der Waals surface area contributed by atoms with Crippen molar-refractivity contribution in [2.24, 2.45) is 0 Å². The molecule has 0 aliphatic carbocycles. The van der Waals surface area contributed by atoms with E-state index < -0.39 is 0 Å². The second-order valence-corrected chi connectivity index (χ2v) is 68.4. The summed E-state index contributed by atoms with van der Waals surface area (Å²) in [5, 5.41) is 0. The minimum absolute atomic E-state index is 0.987. The molecular formula is C66H64S40. The number of hydrogen-bond acceptors (Lipinski definition) is 40. The lowest BCUT2D eigenvalue weighted by Crippen LogP contribution is -1.90. The summed E-state index contributed by atoms with van der Waals surface area (Å²) in [7, 11) is 0. The topological polar surface area (TPSA) is 0 Å². The SMILES string of the molecule is CSC1=C(SC)SC(=C2SC3=C(SCc4ccc(cc4)CSC4=C(SCCCSC5=C(SCCSC3)S/C(=C3\SC6=C(SCCSCC7=C(SCc8ccc(cc8)CSC8=C(SCCCS6)SC(=C6SC(SC)=C(SC)S6)S8)SC(=C6SC(SC)=C(SC)S6)S7)S3)S5)SC(=C3SC(SC)=C(SC)S3)S4)S2)S1. The predicted molar refractivity (Wildman–Crippen MR) is 582 cm³/mol. The molecule has 568 valence electrons. The van der Waals surface area contributed by atoms with Crippen molar-refractivity contribution in [3.05, 3.63) is 199 Å². The monoisotopic (exact) mass is 2140 g/mol. The van der Waals surface area contributed by atoms with Crippen molar-refractivity contribution in [2.75, 3.05) is 108 Å². The molecule has 0 spiro atoms.